The molecule has 0 bridgehead atoms. The van der Waals surface area contributed by atoms with Gasteiger partial charge in [0.1, 0.15) is 0 Å². The number of fused-ring (bicyclic) bond motifs is 7. The minimum absolute atomic E-state index is 0.727. The van der Waals surface area contributed by atoms with Gasteiger partial charge in [-0.25, -0.2) is 9.97 Å². The number of aromatic nitrogens is 3. The van der Waals surface area contributed by atoms with Gasteiger partial charge in [-0.3, -0.25) is 0 Å². The summed E-state index contributed by atoms with van der Waals surface area (Å²) in [6.45, 7) is 0. The minimum Gasteiger partial charge on any atom is -0.309 e. The summed E-state index contributed by atoms with van der Waals surface area (Å²) in [5.41, 5.74) is 11.8. The number of thiophene rings is 1. The monoisotopic (exact) mass is 655 g/mol. The van der Waals surface area contributed by atoms with Crippen molar-refractivity contribution < 1.29 is 0 Å². The summed E-state index contributed by atoms with van der Waals surface area (Å²) in [7, 11) is 0. The van der Waals surface area contributed by atoms with Crippen molar-refractivity contribution in [1.82, 2.24) is 14.5 Å². The van der Waals surface area contributed by atoms with Gasteiger partial charge in [0.25, 0.3) is 0 Å². The summed E-state index contributed by atoms with van der Waals surface area (Å²) >= 11 is 1.88. The topological polar surface area (TPSA) is 30.7 Å². The van der Waals surface area contributed by atoms with E-state index in [1.54, 1.807) is 12.4 Å². The van der Waals surface area contributed by atoms with Crippen LogP contribution in [0.2, 0.25) is 0 Å². The molecule has 0 saturated carbocycles. The molecule has 0 amide bonds. The first-order valence-corrected chi connectivity index (χ1v) is 17.6. The zero-order chi connectivity index (χ0) is 33.0. The molecule has 50 heavy (non-hydrogen) atoms. The molecule has 0 radical (unpaired) electrons. The summed E-state index contributed by atoms with van der Waals surface area (Å²) in [6, 6.07) is 59.0. The fraction of sp³-hybridized carbons (Fsp3) is 0. The molecule has 10 aromatic rings. The first-order valence-electron chi connectivity index (χ1n) is 16.8. The summed E-state index contributed by atoms with van der Waals surface area (Å²) in [6.07, 6.45) is 3.60. The summed E-state index contributed by atoms with van der Waals surface area (Å²) in [5.74, 6) is 0.727. The number of hydrogen-bond donors (Lipinski definition) is 0. The van der Waals surface area contributed by atoms with Crippen molar-refractivity contribution in [2.24, 2.45) is 0 Å². The third-order valence-corrected chi connectivity index (χ3v) is 10.9. The van der Waals surface area contributed by atoms with Crippen molar-refractivity contribution in [3.63, 3.8) is 0 Å². The van der Waals surface area contributed by atoms with Crippen molar-refractivity contribution in [3.8, 4) is 50.5 Å². The smallest absolute Gasteiger partial charge is 0.159 e. The van der Waals surface area contributed by atoms with Gasteiger partial charge in [0, 0.05) is 54.6 Å². The number of para-hydroxylation sites is 1. The minimum atomic E-state index is 0.727. The van der Waals surface area contributed by atoms with E-state index in [1.807, 2.05) is 17.4 Å². The number of rotatable bonds is 5. The lowest BCUT2D eigenvalue weighted by Gasteiger charge is -2.11. The molecular weight excluding hydrogens is 627 g/mol. The van der Waals surface area contributed by atoms with E-state index >= 15 is 0 Å². The highest BCUT2D eigenvalue weighted by Gasteiger charge is 2.19. The van der Waals surface area contributed by atoms with Gasteiger partial charge < -0.3 is 4.57 Å². The summed E-state index contributed by atoms with van der Waals surface area (Å²) in [5, 5.41) is 5.07. The fourth-order valence-electron chi connectivity index (χ4n) is 7.35. The first-order chi connectivity index (χ1) is 24.8. The molecule has 0 atom stereocenters. The lowest BCUT2D eigenvalue weighted by atomic mass is 9.93. The molecule has 10 rings (SSSR count). The van der Waals surface area contributed by atoms with Gasteiger partial charge in [-0.15, -0.1) is 11.3 Å². The van der Waals surface area contributed by atoms with Gasteiger partial charge >= 0.3 is 0 Å². The molecule has 234 valence electrons. The zero-order valence-corrected chi connectivity index (χ0v) is 27.8. The van der Waals surface area contributed by atoms with Crippen molar-refractivity contribution in [2.45, 2.75) is 0 Å². The van der Waals surface area contributed by atoms with Crippen LogP contribution in [0.4, 0.5) is 0 Å². The van der Waals surface area contributed by atoms with Crippen LogP contribution in [-0.4, -0.2) is 14.5 Å². The standard InChI is InChI=1S/C46H29N3S/c1-4-11-30(12-5-1)34-25-35(31-13-6-2-7-14-31)27-36(26-34)32-18-22-43-40(28-32)38-20-21-41-44(45(38)50-43)39-19-17-33(46-47-23-10-24-48-46)29-42(39)49(41)37-15-8-3-9-16-37/h1-29H. The Morgan fingerprint density at radius 3 is 1.68 bits per heavy atom. The van der Waals surface area contributed by atoms with Crippen molar-refractivity contribution in [2.75, 3.05) is 0 Å². The Balaban J connectivity index is 1.20. The molecule has 7 aromatic carbocycles. The van der Waals surface area contributed by atoms with Crippen LogP contribution in [0.25, 0.3) is 92.4 Å². The fourth-order valence-corrected chi connectivity index (χ4v) is 8.58. The van der Waals surface area contributed by atoms with Crippen molar-refractivity contribution in [3.05, 3.63) is 176 Å². The second kappa shape index (κ2) is 11.7. The van der Waals surface area contributed by atoms with Gasteiger partial charge in [0.15, 0.2) is 5.82 Å². The molecule has 0 N–H and O–H groups in total. The van der Waals surface area contributed by atoms with E-state index in [1.165, 1.54) is 69.8 Å². The Bertz CT molecular complexity index is 2780. The average molecular weight is 656 g/mol. The highest BCUT2D eigenvalue weighted by molar-refractivity contribution is 7.26. The predicted molar refractivity (Wildman–Crippen MR) is 211 cm³/mol. The molecule has 0 aliphatic carbocycles. The molecule has 0 spiro atoms. The van der Waals surface area contributed by atoms with Crippen LogP contribution in [0.1, 0.15) is 0 Å². The number of benzene rings is 7. The van der Waals surface area contributed by atoms with Gasteiger partial charge in [-0.2, -0.15) is 0 Å². The second-order valence-corrected chi connectivity index (χ2v) is 13.7. The molecule has 3 heterocycles. The Labute approximate surface area is 293 Å². The quantitative estimate of drug-likeness (QED) is 0.185. The van der Waals surface area contributed by atoms with Crippen LogP contribution in [0.5, 0.6) is 0 Å². The highest BCUT2D eigenvalue weighted by atomic mass is 32.1. The molecule has 0 fully saturated rings. The second-order valence-electron chi connectivity index (χ2n) is 12.7. The molecular formula is C46H29N3S. The van der Waals surface area contributed by atoms with E-state index < -0.39 is 0 Å². The number of nitrogens with zero attached hydrogens (tertiary/aromatic N) is 3. The third kappa shape index (κ3) is 4.73. The van der Waals surface area contributed by atoms with Crippen molar-refractivity contribution in [1.29, 1.82) is 0 Å². The molecule has 3 nitrogen and oxygen atoms in total. The van der Waals surface area contributed by atoms with Crippen LogP contribution in [0.3, 0.4) is 0 Å². The van der Waals surface area contributed by atoms with Gasteiger partial charge in [0.05, 0.1) is 11.0 Å². The Kier molecular flexibility index (Phi) is 6.68. The predicted octanol–water partition coefficient (Wildman–Crippen LogP) is 12.6. The van der Waals surface area contributed by atoms with E-state index in [0.717, 1.165) is 22.6 Å². The highest BCUT2D eigenvalue weighted by Crippen LogP contribution is 2.45. The van der Waals surface area contributed by atoms with E-state index in [9.17, 15) is 0 Å². The first kappa shape index (κ1) is 28.6. The van der Waals surface area contributed by atoms with E-state index in [2.05, 4.69) is 172 Å². The lowest BCUT2D eigenvalue weighted by Crippen LogP contribution is -1.94. The van der Waals surface area contributed by atoms with Crippen LogP contribution >= 0.6 is 11.3 Å². The van der Waals surface area contributed by atoms with E-state index in [-0.39, 0.29) is 0 Å². The van der Waals surface area contributed by atoms with Crippen molar-refractivity contribution >= 4 is 53.3 Å². The summed E-state index contributed by atoms with van der Waals surface area (Å²) < 4.78 is 4.97. The number of hydrogen-bond acceptors (Lipinski definition) is 3. The molecule has 0 unspecified atom stereocenters. The van der Waals surface area contributed by atoms with E-state index in [4.69, 9.17) is 0 Å². The molecule has 0 aliphatic rings. The maximum atomic E-state index is 4.55. The largest absolute Gasteiger partial charge is 0.309 e. The average Bonchev–Trinajstić information content (AvgIpc) is 3.74. The normalized spacial score (nSPS) is 11.6. The van der Waals surface area contributed by atoms with Crippen LogP contribution in [0.15, 0.2) is 176 Å². The Morgan fingerprint density at radius 2 is 1.00 bits per heavy atom. The Hall–Kier alpha value is -6.36. The van der Waals surface area contributed by atoms with Crippen LogP contribution in [-0.2, 0) is 0 Å². The Morgan fingerprint density at radius 1 is 0.400 bits per heavy atom. The molecule has 3 aromatic heterocycles. The lowest BCUT2D eigenvalue weighted by molar-refractivity contribution is 1.16. The SMILES string of the molecule is c1ccc(-c2cc(-c3ccccc3)cc(-c3ccc4sc5c(ccc6c5c5ccc(-c7ncccn7)cc5n6-c5ccccc5)c4c3)c2)cc1. The van der Waals surface area contributed by atoms with Crippen LogP contribution in [0, 0.1) is 0 Å². The maximum absolute atomic E-state index is 4.55. The van der Waals surface area contributed by atoms with E-state index in [0.29, 0.717) is 0 Å². The van der Waals surface area contributed by atoms with Crippen LogP contribution < -0.4 is 0 Å². The maximum Gasteiger partial charge on any atom is 0.159 e. The third-order valence-electron chi connectivity index (χ3n) is 9.69. The summed E-state index contributed by atoms with van der Waals surface area (Å²) in [4.78, 5) is 9.10. The molecule has 0 aliphatic heterocycles. The zero-order valence-electron chi connectivity index (χ0n) is 27.0. The molecule has 4 heteroatoms. The van der Waals surface area contributed by atoms with Gasteiger partial charge in [0.2, 0.25) is 0 Å². The molecule has 0 saturated heterocycles. The van der Waals surface area contributed by atoms with Gasteiger partial charge in [-0.1, -0.05) is 103 Å². The van der Waals surface area contributed by atoms with Gasteiger partial charge in [-0.05, 0) is 94.0 Å².